The van der Waals surface area contributed by atoms with Crippen LogP contribution in [0.1, 0.15) is 74.9 Å². The predicted molar refractivity (Wildman–Crippen MR) is 178 cm³/mol. The van der Waals surface area contributed by atoms with Crippen LogP contribution in [0.5, 0.6) is 0 Å². The van der Waals surface area contributed by atoms with E-state index < -0.39 is 0 Å². The molecule has 2 heteroatoms. The topological polar surface area (TPSA) is 3.24 Å². The van der Waals surface area contributed by atoms with Crippen molar-refractivity contribution in [2.45, 2.75) is 59.3 Å². The second kappa shape index (κ2) is 8.04. The summed E-state index contributed by atoms with van der Waals surface area (Å²) in [7, 11) is 0. The van der Waals surface area contributed by atoms with Crippen LogP contribution in [-0.2, 0) is 10.8 Å². The van der Waals surface area contributed by atoms with Crippen LogP contribution in [0.3, 0.4) is 0 Å². The molecule has 0 unspecified atom stereocenters. The van der Waals surface area contributed by atoms with E-state index >= 15 is 0 Å². The molecule has 2 heterocycles. The summed E-state index contributed by atoms with van der Waals surface area (Å²) >= 11 is 0. The van der Waals surface area contributed by atoms with Gasteiger partial charge in [0.1, 0.15) is 0 Å². The highest BCUT2D eigenvalue weighted by molar-refractivity contribution is 7.05. The van der Waals surface area contributed by atoms with Crippen LogP contribution < -0.4 is 15.8 Å². The van der Waals surface area contributed by atoms with Gasteiger partial charge >= 0.3 is 0 Å². The third-order valence-corrected chi connectivity index (χ3v) is 9.56. The molecule has 200 valence electrons. The van der Waals surface area contributed by atoms with Crippen molar-refractivity contribution >= 4 is 56.5 Å². The Labute approximate surface area is 244 Å². The molecule has 0 fully saturated rings. The molecule has 8 rings (SSSR count). The van der Waals surface area contributed by atoms with Gasteiger partial charge in [0.25, 0.3) is 0 Å². The van der Waals surface area contributed by atoms with Crippen molar-refractivity contribution in [2.24, 2.45) is 0 Å². The molecule has 5 aromatic rings. The number of benzene rings is 5. The quantitative estimate of drug-likeness (QED) is 0.196. The lowest BCUT2D eigenvalue weighted by molar-refractivity contribution is 0.590. The van der Waals surface area contributed by atoms with Crippen LogP contribution >= 0.6 is 0 Å². The monoisotopic (exact) mass is 529 g/mol. The van der Waals surface area contributed by atoms with Gasteiger partial charge in [-0.25, -0.2) is 0 Å². The number of fused-ring (bicyclic) bond motifs is 6. The fourth-order valence-corrected chi connectivity index (χ4v) is 7.54. The lowest BCUT2D eigenvalue weighted by Gasteiger charge is -2.38. The Bertz CT molecular complexity index is 1960. The normalized spacial score (nSPS) is 15.0. The van der Waals surface area contributed by atoms with Gasteiger partial charge in [0.15, 0.2) is 0 Å². The summed E-state index contributed by atoms with van der Waals surface area (Å²) < 4.78 is 0. The average molecular weight is 530 g/mol. The highest BCUT2D eigenvalue weighted by Crippen LogP contribution is 2.53. The molecule has 5 aromatic carbocycles. The summed E-state index contributed by atoms with van der Waals surface area (Å²) in [5.41, 5.74) is 18.1. The van der Waals surface area contributed by atoms with Gasteiger partial charge in [0, 0.05) is 17.1 Å². The van der Waals surface area contributed by atoms with Gasteiger partial charge in [-0.3, -0.25) is 0 Å². The summed E-state index contributed by atoms with van der Waals surface area (Å²) in [5.74, 6) is 0. The maximum absolute atomic E-state index is 2.55. The van der Waals surface area contributed by atoms with E-state index in [1.54, 1.807) is 0 Å². The van der Waals surface area contributed by atoms with E-state index in [1.165, 1.54) is 83.2 Å². The van der Waals surface area contributed by atoms with Crippen molar-refractivity contribution in [2.75, 3.05) is 4.90 Å². The molecule has 0 saturated carbocycles. The molecule has 2 aliphatic heterocycles. The minimum Gasteiger partial charge on any atom is -0.311 e. The van der Waals surface area contributed by atoms with Crippen LogP contribution in [0.2, 0.25) is 0 Å². The second-order valence-corrected chi connectivity index (χ2v) is 14.3. The number of nitrogens with zero attached hydrogens (tertiary/aromatic N) is 1. The summed E-state index contributed by atoms with van der Waals surface area (Å²) in [6.07, 6.45) is 0. The molecule has 0 atom stereocenters. The van der Waals surface area contributed by atoms with Crippen LogP contribution in [0.25, 0.3) is 21.8 Å². The highest BCUT2D eigenvalue weighted by atomic mass is 15.2. The fraction of sp³-hybridized carbons (Fsp3) is 0.231. The standard InChI is InChI=1S/C39H36BN/c1-23-20-30-35-28-12-8-10-24-11-9-13-29(34(24)28)37(35)40-31-19-16-26(39(5,6)7)22-32(31)41(33(21-23)36(30)40)27-17-14-25(15-18-27)38(2,3)4/h8-22H,1-7H3. The maximum atomic E-state index is 2.55. The minimum absolute atomic E-state index is 0.0596. The molecule has 0 spiro atoms. The van der Waals surface area contributed by atoms with E-state index in [0.717, 1.165) is 0 Å². The summed E-state index contributed by atoms with van der Waals surface area (Å²) in [4.78, 5) is 2.55. The molecule has 3 aliphatic rings. The Hall–Kier alpha value is -4.04. The number of hydrogen-bond donors (Lipinski definition) is 0. The Balaban J connectivity index is 1.44. The van der Waals surface area contributed by atoms with Crippen molar-refractivity contribution in [1.29, 1.82) is 0 Å². The van der Waals surface area contributed by atoms with E-state index in [0.29, 0.717) is 0 Å². The maximum Gasteiger partial charge on any atom is 0.249 e. The third kappa shape index (κ3) is 3.37. The van der Waals surface area contributed by atoms with Crippen molar-refractivity contribution in [3.8, 4) is 0 Å². The molecule has 1 aliphatic carbocycles. The first kappa shape index (κ1) is 24.7. The Morgan fingerprint density at radius 3 is 1.95 bits per heavy atom. The average Bonchev–Trinajstić information content (AvgIpc) is 3.43. The fourth-order valence-electron chi connectivity index (χ4n) is 7.54. The lowest BCUT2D eigenvalue weighted by Crippen LogP contribution is -2.50. The first-order chi connectivity index (χ1) is 19.5. The Kier molecular flexibility index (Phi) is 4.85. The molecular weight excluding hydrogens is 493 g/mol. The van der Waals surface area contributed by atoms with Crippen LogP contribution in [0, 0.1) is 6.92 Å². The van der Waals surface area contributed by atoms with E-state index in [4.69, 9.17) is 0 Å². The zero-order chi connectivity index (χ0) is 28.4. The molecule has 1 nitrogen and oxygen atoms in total. The van der Waals surface area contributed by atoms with Gasteiger partial charge in [-0.05, 0) is 103 Å². The predicted octanol–water partition coefficient (Wildman–Crippen LogP) is 8.96. The minimum atomic E-state index is 0.0596. The molecule has 0 amide bonds. The summed E-state index contributed by atoms with van der Waals surface area (Å²) in [5, 5.41) is 2.75. The molecule has 0 N–H and O–H groups in total. The van der Waals surface area contributed by atoms with Crippen molar-refractivity contribution in [3.05, 3.63) is 124 Å². The Morgan fingerprint density at radius 1 is 0.610 bits per heavy atom. The number of hydrogen-bond acceptors (Lipinski definition) is 1. The van der Waals surface area contributed by atoms with E-state index in [1.807, 2.05) is 0 Å². The van der Waals surface area contributed by atoms with Gasteiger partial charge in [-0.1, -0.05) is 114 Å². The second-order valence-electron chi connectivity index (χ2n) is 14.3. The molecule has 0 bridgehead atoms. The van der Waals surface area contributed by atoms with Gasteiger partial charge in [0.05, 0.1) is 0 Å². The van der Waals surface area contributed by atoms with Crippen molar-refractivity contribution < 1.29 is 0 Å². The highest BCUT2D eigenvalue weighted by Gasteiger charge is 2.47. The Morgan fingerprint density at radius 2 is 1.27 bits per heavy atom. The SMILES string of the molecule is Cc1cc2c3c(c1)N(c1ccc(C(C)(C)C)cc1)c1cc(C(C)(C)C)ccc1B3C1=C2c2cccc3cccc1c23. The van der Waals surface area contributed by atoms with Gasteiger partial charge < -0.3 is 4.90 Å². The number of rotatable bonds is 1. The van der Waals surface area contributed by atoms with E-state index in [2.05, 4.69) is 144 Å². The third-order valence-electron chi connectivity index (χ3n) is 9.56. The van der Waals surface area contributed by atoms with E-state index in [-0.39, 0.29) is 17.5 Å². The zero-order valence-corrected chi connectivity index (χ0v) is 25.2. The number of anilines is 3. The van der Waals surface area contributed by atoms with Crippen molar-refractivity contribution in [1.82, 2.24) is 0 Å². The van der Waals surface area contributed by atoms with Crippen molar-refractivity contribution in [3.63, 3.8) is 0 Å². The molecule has 0 aromatic heterocycles. The molecule has 0 saturated heterocycles. The van der Waals surface area contributed by atoms with Gasteiger partial charge in [-0.2, -0.15) is 0 Å². The first-order valence-corrected chi connectivity index (χ1v) is 15.0. The van der Waals surface area contributed by atoms with Crippen LogP contribution in [0.15, 0.2) is 91.0 Å². The van der Waals surface area contributed by atoms with Gasteiger partial charge in [0.2, 0.25) is 6.71 Å². The summed E-state index contributed by atoms with van der Waals surface area (Å²) in [6, 6.07) is 35.1. The summed E-state index contributed by atoms with van der Waals surface area (Å²) in [6.45, 7) is 16.3. The van der Waals surface area contributed by atoms with Crippen LogP contribution in [0.4, 0.5) is 17.1 Å². The molecular formula is C39H36BN. The lowest BCUT2D eigenvalue weighted by atomic mass is 9.35. The smallest absolute Gasteiger partial charge is 0.249 e. The van der Waals surface area contributed by atoms with Crippen LogP contribution in [-0.4, -0.2) is 6.71 Å². The molecule has 0 radical (unpaired) electrons. The zero-order valence-electron chi connectivity index (χ0n) is 25.2. The van der Waals surface area contributed by atoms with E-state index in [9.17, 15) is 0 Å². The number of aryl methyl sites for hydroxylation is 1. The first-order valence-electron chi connectivity index (χ1n) is 15.0. The largest absolute Gasteiger partial charge is 0.311 e. The van der Waals surface area contributed by atoms with Gasteiger partial charge in [-0.15, -0.1) is 0 Å². The molecule has 41 heavy (non-hydrogen) atoms.